The maximum absolute atomic E-state index is 15.2. The minimum atomic E-state index is -1.86. The summed E-state index contributed by atoms with van der Waals surface area (Å²) < 4.78 is 33.5. The molecular formula is C24H34F2N2O3. The Bertz CT molecular complexity index is 740. The van der Waals surface area contributed by atoms with E-state index in [1.165, 1.54) is 24.3 Å². The predicted molar refractivity (Wildman–Crippen MR) is 115 cm³/mol. The molecule has 3 rings (SSSR count). The van der Waals surface area contributed by atoms with Crippen LogP contribution in [0.1, 0.15) is 55.3 Å². The van der Waals surface area contributed by atoms with Gasteiger partial charge in [0.1, 0.15) is 5.82 Å². The number of carbonyl (C=O) groups excluding carboxylic acids is 2. The van der Waals surface area contributed by atoms with E-state index in [0.29, 0.717) is 31.5 Å². The van der Waals surface area contributed by atoms with Crippen molar-refractivity contribution in [2.75, 3.05) is 33.4 Å². The van der Waals surface area contributed by atoms with Gasteiger partial charge in [-0.25, -0.2) is 8.78 Å². The quantitative estimate of drug-likeness (QED) is 0.599. The van der Waals surface area contributed by atoms with Crippen LogP contribution >= 0.6 is 0 Å². The fourth-order valence-electron chi connectivity index (χ4n) is 5.09. The Kier molecular flexibility index (Phi) is 8.17. The number of benzene rings is 1. The number of nitrogens with zero attached hydrogens (tertiary/aromatic N) is 1. The average molecular weight is 437 g/mol. The van der Waals surface area contributed by atoms with Crippen molar-refractivity contribution in [1.82, 2.24) is 4.90 Å². The molecule has 2 aliphatic rings. The number of piperidine rings is 1. The molecule has 5 nitrogen and oxygen atoms in total. The summed E-state index contributed by atoms with van der Waals surface area (Å²) in [5, 5.41) is 0. The standard InChI is InChI=1S/C24H34F2N2O3/c1-31-16-21(23(27)30)18-4-2-17(3-5-18)10-13-28-14-11-24(26,12-15-28)22(29)19-6-8-20(25)9-7-19/h6-9,17-18,21H,2-5,10-16H2,1H3,(H2,27,30). The van der Waals surface area contributed by atoms with Gasteiger partial charge in [0, 0.05) is 38.6 Å². The number of halogens is 2. The number of methoxy groups -OCH3 is 1. The number of amides is 1. The summed E-state index contributed by atoms with van der Waals surface area (Å²) in [7, 11) is 1.60. The maximum Gasteiger partial charge on any atom is 0.223 e. The molecule has 0 radical (unpaired) electrons. The van der Waals surface area contributed by atoms with E-state index in [1.807, 2.05) is 0 Å². The number of rotatable bonds is 9. The topological polar surface area (TPSA) is 72.6 Å². The average Bonchev–Trinajstić information content (AvgIpc) is 2.77. The molecule has 2 N–H and O–H groups in total. The van der Waals surface area contributed by atoms with Gasteiger partial charge >= 0.3 is 0 Å². The first-order valence-electron chi connectivity index (χ1n) is 11.3. The minimum absolute atomic E-state index is 0.174. The number of nitrogens with two attached hydrogens (primary N) is 1. The van der Waals surface area contributed by atoms with Crippen molar-refractivity contribution in [3.05, 3.63) is 35.6 Å². The number of primary amides is 1. The molecular weight excluding hydrogens is 402 g/mol. The number of ether oxygens (including phenoxy) is 1. The van der Waals surface area contributed by atoms with E-state index in [4.69, 9.17) is 10.5 Å². The highest BCUT2D eigenvalue weighted by Gasteiger charge is 2.42. The molecule has 1 unspecified atom stereocenters. The predicted octanol–water partition coefficient (Wildman–Crippen LogP) is 3.76. The number of Topliss-reactive ketones (excluding diaryl/α,β-unsaturated/α-hetero) is 1. The van der Waals surface area contributed by atoms with Crippen LogP contribution in [0.3, 0.4) is 0 Å². The molecule has 1 aromatic rings. The molecule has 1 aliphatic heterocycles. The van der Waals surface area contributed by atoms with Crippen molar-refractivity contribution < 1.29 is 23.1 Å². The molecule has 1 heterocycles. The van der Waals surface area contributed by atoms with Gasteiger partial charge in [0.25, 0.3) is 0 Å². The zero-order chi connectivity index (χ0) is 22.4. The van der Waals surface area contributed by atoms with Crippen LogP contribution in [-0.2, 0) is 9.53 Å². The van der Waals surface area contributed by atoms with Crippen molar-refractivity contribution in [1.29, 1.82) is 0 Å². The molecule has 0 aromatic heterocycles. The van der Waals surface area contributed by atoms with Gasteiger partial charge < -0.3 is 15.4 Å². The molecule has 1 amide bonds. The van der Waals surface area contributed by atoms with E-state index in [-0.39, 0.29) is 30.2 Å². The van der Waals surface area contributed by atoms with Crippen molar-refractivity contribution in [2.24, 2.45) is 23.5 Å². The Balaban J connectivity index is 1.41. The first-order valence-corrected chi connectivity index (χ1v) is 11.3. The fraction of sp³-hybridized carbons (Fsp3) is 0.667. The van der Waals surface area contributed by atoms with Gasteiger partial charge in [0.05, 0.1) is 12.5 Å². The summed E-state index contributed by atoms with van der Waals surface area (Å²) >= 11 is 0. The third-order valence-electron chi connectivity index (χ3n) is 7.19. The molecule has 1 aliphatic carbocycles. The molecule has 0 spiro atoms. The van der Waals surface area contributed by atoms with Crippen LogP contribution in [0.4, 0.5) is 8.78 Å². The van der Waals surface area contributed by atoms with Crippen LogP contribution in [0.25, 0.3) is 0 Å². The first kappa shape index (κ1) is 23.8. The van der Waals surface area contributed by atoms with Crippen LogP contribution in [0.15, 0.2) is 24.3 Å². The van der Waals surface area contributed by atoms with Crippen LogP contribution in [-0.4, -0.2) is 55.6 Å². The smallest absolute Gasteiger partial charge is 0.223 e. The van der Waals surface area contributed by atoms with E-state index in [9.17, 15) is 14.0 Å². The number of likely N-dealkylation sites (tertiary alicyclic amines) is 1. The van der Waals surface area contributed by atoms with Crippen LogP contribution in [0.2, 0.25) is 0 Å². The summed E-state index contributed by atoms with van der Waals surface area (Å²) in [5.41, 5.74) is 3.90. The highest BCUT2D eigenvalue weighted by atomic mass is 19.1. The summed E-state index contributed by atoms with van der Waals surface area (Å²) in [6, 6.07) is 5.11. The van der Waals surface area contributed by atoms with Crippen LogP contribution < -0.4 is 5.73 Å². The molecule has 1 atom stereocenters. The molecule has 1 aromatic carbocycles. The second-order valence-corrected chi connectivity index (χ2v) is 9.18. The molecule has 172 valence electrons. The molecule has 7 heteroatoms. The number of hydrogen-bond acceptors (Lipinski definition) is 4. The van der Waals surface area contributed by atoms with Crippen molar-refractivity contribution >= 4 is 11.7 Å². The van der Waals surface area contributed by atoms with Gasteiger partial charge in [-0.15, -0.1) is 0 Å². The zero-order valence-electron chi connectivity index (χ0n) is 18.3. The first-order chi connectivity index (χ1) is 14.8. The number of ketones is 1. The molecule has 1 saturated carbocycles. The van der Waals surface area contributed by atoms with Crippen LogP contribution in [0, 0.1) is 23.6 Å². The summed E-state index contributed by atoms with van der Waals surface area (Å²) in [4.78, 5) is 26.5. The maximum atomic E-state index is 15.2. The normalized spacial score (nSPS) is 25.1. The molecule has 31 heavy (non-hydrogen) atoms. The molecule has 1 saturated heterocycles. The highest BCUT2D eigenvalue weighted by Crippen LogP contribution is 2.36. The second-order valence-electron chi connectivity index (χ2n) is 9.18. The third kappa shape index (κ3) is 6.10. The van der Waals surface area contributed by atoms with E-state index >= 15 is 4.39 Å². The van der Waals surface area contributed by atoms with Gasteiger partial charge in [-0.2, -0.15) is 0 Å². The number of hydrogen-bond donors (Lipinski definition) is 1. The minimum Gasteiger partial charge on any atom is -0.384 e. The Hall–Kier alpha value is -1.86. The van der Waals surface area contributed by atoms with Gasteiger partial charge in [-0.3, -0.25) is 9.59 Å². The summed E-state index contributed by atoms with van der Waals surface area (Å²) in [6.45, 7) is 2.39. The lowest BCUT2D eigenvalue weighted by atomic mass is 9.74. The Morgan fingerprint density at radius 1 is 1.16 bits per heavy atom. The third-order valence-corrected chi connectivity index (χ3v) is 7.19. The van der Waals surface area contributed by atoms with Gasteiger partial charge in [-0.1, -0.05) is 12.8 Å². The number of alkyl halides is 1. The largest absolute Gasteiger partial charge is 0.384 e. The van der Waals surface area contributed by atoms with Gasteiger partial charge in [0.15, 0.2) is 11.5 Å². The van der Waals surface area contributed by atoms with Crippen molar-refractivity contribution in [3.8, 4) is 0 Å². The Labute approximate surface area is 183 Å². The van der Waals surface area contributed by atoms with Crippen LogP contribution in [0.5, 0.6) is 0 Å². The van der Waals surface area contributed by atoms with Gasteiger partial charge in [0.2, 0.25) is 5.91 Å². The monoisotopic (exact) mass is 436 g/mol. The lowest BCUT2D eigenvalue weighted by molar-refractivity contribution is -0.126. The fourth-order valence-corrected chi connectivity index (χ4v) is 5.09. The van der Waals surface area contributed by atoms with E-state index < -0.39 is 17.3 Å². The lowest BCUT2D eigenvalue weighted by Gasteiger charge is -2.37. The second kappa shape index (κ2) is 10.6. The highest BCUT2D eigenvalue weighted by molar-refractivity contribution is 6.02. The summed E-state index contributed by atoms with van der Waals surface area (Å²) in [6.07, 6.45) is 5.51. The Morgan fingerprint density at radius 2 is 1.77 bits per heavy atom. The Morgan fingerprint density at radius 3 is 2.32 bits per heavy atom. The molecule has 2 fully saturated rings. The van der Waals surface area contributed by atoms with E-state index in [2.05, 4.69) is 4.90 Å². The zero-order valence-corrected chi connectivity index (χ0v) is 18.3. The van der Waals surface area contributed by atoms with Crippen molar-refractivity contribution in [3.63, 3.8) is 0 Å². The van der Waals surface area contributed by atoms with Crippen molar-refractivity contribution in [2.45, 2.75) is 50.6 Å². The summed E-state index contributed by atoms with van der Waals surface area (Å²) in [5.74, 6) is -0.547. The number of carbonyl (C=O) groups is 2. The molecule has 0 bridgehead atoms. The lowest BCUT2D eigenvalue weighted by Crippen LogP contribution is -2.47. The van der Waals surface area contributed by atoms with E-state index in [0.717, 1.165) is 38.6 Å². The van der Waals surface area contributed by atoms with Gasteiger partial charge in [-0.05, 0) is 61.9 Å². The SMILES string of the molecule is COCC(C(N)=O)C1CCC(CCN2CCC(F)(C(=O)c3ccc(F)cc3)CC2)CC1. The van der Waals surface area contributed by atoms with E-state index in [1.54, 1.807) is 7.11 Å².